The number of hydrogen-bond donors (Lipinski definition) is 1. The predicted molar refractivity (Wildman–Crippen MR) is 130 cm³/mol. The summed E-state index contributed by atoms with van der Waals surface area (Å²) in [6.07, 6.45) is 0.708. The third kappa shape index (κ3) is 4.57. The summed E-state index contributed by atoms with van der Waals surface area (Å²) in [6.45, 7) is 2.42. The van der Waals surface area contributed by atoms with Crippen molar-refractivity contribution >= 4 is 45.8 Å². The van der Waals surface area contributed by atoms with Gasteiger partial charge in [0.25, 0.3) is 5.91 Å². The van der Waals surface area contributed by atoms with Gasteiger partial charge >= 0.3 is 0 Å². The molecule has 3 aromatic rings. The van der Waals surface area contributed by atoms with Crippen molar-refractivity contribution in [3.05, 3.63) is 76.8 Å². The van der Waals surface area contributed by atoms with Gasteiger partial charge in [-0.1, -0.05) is 48.0 Å². The van der Waals surface area contributed by atoms with Gasteiger partial charge in [-0.25, -0.2) is 0 Å². The fraction of sp³-hybridized carbons (Fsp3) is 0.269. The number of amides is 3. The standard InChI is InChI=1S/C26H26ClN3O3/c1-17(25(32)28-2)30(16-18-7-3-10-20(27)15-18)23(31)13-6-14-29-22-12-5-9-19-8-4-11-21(24(19)22)26(29)33/h3-5,7-12,15,17H,6,13-14,16H2,1-2H3,(H,28,32). The number of benzene rings is 3. The second-order valence-electron chi connectivity index (χ2n) is 8.18. The zero-order valence-electron chi connectivity index (χ0n) is 18.7. The van der Waals surface area contributed by atoms with Crippen molar-refractivity contribution in [1.29, 1.82) is 0 Å². The number of likely N-dealkylation sites (N-methyl/N-ethyl adjacent to an activating group) is 1. The Morgan fingerprint density at radius 1 is 1.09 bits per heavy atom. The Balaban J connectivity index is 1.46. The van der Waals surface area contributed by atoms with Gasteiger partial charge in [-0.2, -0.15) is 0 Å². The van der Waals surface area contributed by atoms with Crippen molar-refractivity contribution in [2.24, 2.45) is 0 Å². The number of carbonyl (C=O) groups is 3. The molecule has 33 heavy (non-hydrogen) atoms. The number of nitrogens with zero attached hydrogens (tertiary/aromatic N) is 2. The Morgan fingerprint density at radius 3 is 2.55 bits per heavy atom. The van der Waals surface area contributed by atoms with E-state index in [9.17, 15) is 14.4 Å². The van der Waals surface area contributed by atoms with Gasteiger partial charge in [-0.05, 0) is 48.6 Å². The minimum Gasteiger partial charge on any atom is -0.357 e. The van der Waals surface area contributed by atoms with Crippen molar-refractivity contribution in [2.45, 2.75) is 32.4 Å². The quantitative estimate of drug-likeness (QED) is 0.538. The van der Waals surface area contributed by atoms with Gasteiger partial charge in [0, 0.05) is 42.5 Å². The summed E-state index contributed by atoms with van der Waals surface area (Å²) < 4.78 is 0. The van der Waals surface area contributed by atoms with Gasteiger partial charge in [0.2, 0.25) is 11.8 Å². The lowest BCUT2D eigenvalue weighted by molar-refractivity contribution is -0.140. The van der Waals surface area contributed by atoms with Crippen LogP contribution < -0.4 is 10.2 Å². The second kappa shape index (κ2) is 9.63. The first kappa shape index (κ1) is 22.8. The number of halogens is 1. The maximum Gasteiger partial charge on any atom is 0.258 e. The molecule has 7 heteroatoms. The van der Waals surface area contributed by atoms with E-state index >= 15 is 0 Å². The van der Waals surface area contributed by atoms with Crippen LogP contribution in [0.3, 0.4) is 0 Å². The van der Waals surface area contributed by atoms with Crippen molar-refractivity contribution in [3.8, 4) is 0 Å². The Hall–Kier alpha value is -3.38. The highest BCUT2D eigenvalue weighted by Crippen LogP contribution is 2.37. The van der Waals surface area contributed by atoms with Crippen LogP contribution in [0, 0.1) is 0 Å². The average molecular weight is 464 g/mol. The molecule has 1 unspecified atom stereocenters. The van der Waals surface area contributed by atoms with E-state index in [4.69, 9.17) is 11.6 Å². The lowest BCUT2D eigenvalue weighted by Crippen LogP contribution is -2.46. The molecule has 0 saturated carbocycles. The number of hydrogen-bond acceptors (Lipinski definition) is 3. The van der Waals surface area contributed by atoms with Gasteiger partial charge in [0.15, 0.2) is 0 Å². The number of anilines is 1. The molecule has 3 aromatic carbocycles. The van der Waals surface area contributed by atoms with Gasteiger partial charge in [-0.15, -0.1) is 0 Å². The van der Waals surface area contributed by atoms with E-state index < -0.39 is 6.04 Å². The summed E-state index contributed by atoms with van der Waals surface area (Å²) in [5.41, 5.74) is 2.43. The maximum atomic E-state index is 13.2. The average Bonchev–Trinajstić information content (AvgIpc) is 3.09. The smallest absolute Gasteiger partial charge is 0.258 e. The molecule has 1 N–H and O–H groups in total. The van der Waals surface area contributed by atoms with E-state index in [2.05, 4.69) is 5.32 Å². The summed E-state index contributed by atoms with van der Waals surface area (Å²) in [6, 6.07) is 18.2. The molecule has 170 valence electrons. The van der Waals surface area contributed by atoms with Crippen LogP contribution in [-0.2, 0) is 16.1 Å². The first-order valence-electron chi connectivity index (χ1n) is 11.0. The largest absolute Gasteiger partial charge is 0.357 e. The normalized spacial score (nSPS) is 13.3. The lowest BCUT2D eigenvalue weighted by Gasteiger charge is -2.29. The minimum absolute atomic E-state index is 0.0382. The molecule has 1 heterocycles. The Bertz CT molecular complexity index is 1220. The summed E-state index contributed by atoms with van der Waals surface area (Å²) in [5, 5.41) is 5.19. The van der Waals surface area contributed by atoms with Crippen LogP contribution in [0.25, 0.3) is 10.8 Å². The molecule has 0 fully saturated rings. The van der Waals surface area contributed by atoms with Crippen LogP contribution in [0.2, 0.25) is 5.02 Å². The molecule has 3 amide bonds. The molecule has 0 radical (unpaired) electrons. The van der Waals surface area contributed by atoms with Gasteiger partial charge in [-0.3, -0.25) is 14.4 Å². The van der Waals surface area contributed by atoms with Crippen LogP contribution in [0.4, 0.5) is 5.69 Å². The van der Waals surface area contributed by atoms with Crippen molar-refractivity contribution in [2.75, 3.05) is 18.5 Å². The molecule has 1 aliphatic rings. The Morgan fingerprint density at radius 2 is 1.82 bits per heavy atom. The van der Waals surface area contributed by atoms with Crippen LogP contribution in [0.1, 0.15) is 35.7 Å². The van der Waals surface area contributed by atoms with Crippen molar-refractivity contribution < 1.29 is 14.4 Å². The van der Waals surface area contributed by atoms with Crippen molar-refractivity contribution in [3.63, 3.8) is 0 Å². The highest BCUT2D eigenvalue weighted by molar-refractivity contribution is 6.30. The van der Waals surface area contributed by atoms with Gasteiger partial charge in [0.05, 0.1) is 5.69 Å². The van der Waals surface area contributed by atoms with Gasteiger partial charge in [0.1, 0.15) is 6.04 Å². The fourth-order valence-corrected chi connectivity index (χ4v) is 4.57. The first-order chi connectivity index (χ1) is 15.9. The summed E-state index contributed by atoms with van der Waals surface area (Å²) in [7, 11) is 1.55. The number of rotatable bonds is 8. The van der Waals surface area contributed by atoms with Gasteiger partial charge < -0.3 is 15.1 Å². The van der Waals surface area contributed by atoms with E-state index in [1.54, 1.807) is 35.9 Å². The lowest BCUT2D eigenvalue weighted by atomic mass is 10.1. The minimum atomic E-state index is -0.632. The molecule has 4 rings (SSSR count). The summed E-state index contributed by atoms with van der Waals surface area (Å²) in [4.78, 5) is 41.7. The molecular formula is C26H26ClN3O3. The Labute approximate surface area is 198 Å². The fourth-order valence-electron chi connectivity index (χ4n) is 4.36. The third-order valence-corrected chi connectivity index (χ3v) is 6.31. The molecule has 0 aliphatic carbocycles. The van der Waals surface area contributed by atoms with E-state index in [-0.39, 0.29) is 30.7 Å². The maximum absolute atomic E-state index is 13.2. The molecule has 1 aliphatic heterocycles. The number of nitrogens with one attached hydrogen (secondary N) is 1. The van der Waals surface area contributed by atoms with E-state index in [0.717, 1.165) is 22.0 Å². The van der Waals surface area contributed by atoms with Crippen LogP contribution in [0.5, 0.6) is 0 Å². The highest BCUT2D eigenvalue weighted by atomic mass is 35.5. The zero-order chi connectivity index (χ0) is 23.5. The first-order valence-corrected chi connectivity index (χ1v) is 11.4. The highest BCUT2D eigenvalue weighted by Gasteiger charge is 2.30. The molecule has 0 saturated heterocycles. The molecule has 0 bridgehead atoms. The molecule has 6 nitrogen and oxygen atoms in total. The SMILES string of the molecule is CNC(=O)C(C)N(Cc1cccc(Cl)c1)C(=O)CCCN1C(=O)c2cccc3cccc1c23. The zero-order valence-corrected chi connectivity index (χ0v) is 19.4. The van der Waals surface area contributed by atoms with E-state index in [0.29, 0.717) is 23.6 Å². The van der Waals surface area contributed by atoms with E-state index in [1.807, 2.05) is 48.5 Å². The Kier molecular flexibility index (Phi) is 6.65. The predicted octanol–water partition coefficient (Wildman–Crippen LogP) is 4.40. The summed E-state index contributed by atoms with van der Waals surface area (Å²) >= 11 is 6.10. The van der Waals surface area contributed by atoms with Crippen LogP contribution in [0.15, 0.2) is 60.7 Å². The second-order valence-corrected chi connectivity index (χ2v) is 8.62. The van der Waals surface area contributed by atoms with Crippen LogP contribution >= 0.6 is 11.6 Å². The van der Waals surface area contributed by atoms with Crippen LogP contribution in [-0.4, -0.2) is 42.3 Å². The molecule has 1 atom stereocenters. The molecular weight excluding hydrogens is 438 g/mol. The topological polar surface area (TPSA) is 69.7 Å². The van der Waals surface area contributed by atoms with E-state index in [1.165, 1.54) is 0 Å². The third-order valence-electron chi connectivity index (χ3n) is 6.08. The molecule has 0 spiro atoms. The monoisotopic (exact) mass is 463 g/mol. The molecule has 0 aromatic heterocycles. The number of carbonyl (C=O) groups excluding carboxylic acids is 3. The van der Waals surface area contributed by atoms with Crippen molar-refractivity contribution in [1.82, 2.24) is 10.2 Å². The summed E-state index contributed by atoms with van der Waals surface area (Å²) in [5.74, 6) is -0.417.